The highest BCUT2D eigenvalue weighted by molar-refractivity contribution is 7.45. The molecule has 0 spiro atoms. The smallest absolute Gasteiger partial charge is 0.407 e. The van der Waals surface area contributed by atoms with Crippen LogP contribution in [-0.2, 0) is 113 Å². The lowest BCUT2D eigenvalue weighted by Gasteiger charge is -2.25. The molecule has 0 radical (unpaired) electrons. The Balaban J connectivity index is 0. The highest BCUT2D eigenvalue weighted by atomic mass is 31.2. The van der Waals surface area contributed by atoms with Gasteiger partial charge in [-0.1, -0.05) is 142 Å². The van der Waals surface area contributed by atoms with Gasteiger partial charge in [0.1, 0.15) is 13.2 Å². The van der Waals surface area contributed by atoms with E-state index >= 15 is 0 Å². The number of nitrogens with one attached hydrogen (secondary N) is 1. The van der Waals surface area contributed by atoms with Crippen LogP contribution in [0.4, 0.5) is 4.79 Å². The lowest BCUT2D eigenvalue weighted by atomic mass is 10.1. The molecule has 0 aliphatic carbocycles. The summed E-state index contributed by atoms with van der Waals surface area (Å²) < 4.78 is 126. The summed E-state index contributed by atoms with van der Waals surface area (Å²) in [5.41, 5.74) is 0. The second-order valence-corrected chi connectivity index (χ2v) is 23.6. The van der Waals surface area contributed by atoms with E-state index in [1.165, 1.54) is 89.9 Å². The van der Waals surface area contributed by atoms with Crippen LogP contribution in [0.25, 0.3) is 0 Å². The average Bonchev–Trinajstić information content (AvgIpc) is 3.56. The monoisotopic (exact) mass is 1410 g/mol. The number of phosphoric acid groups is 1. The molecule has 0 heterocycles. The topological polar surface area (TPSA) is 334 Å². The molecule has 0 aromatic heterocycles. The third-order valence-electron chi connectivity index (χ3n) is 13.8. The molecule has 0 saturated heterocycles. The van der Waals surface area contributed by atoms with Gasteiger partial charge >= 0.3 is 18.0 Å². The number of hydrogen-bond acceptors (Lipinski definition) is 26. The van der Waals surface area contributed by atoms with Gasteiger partial charge in [0.05, 0.1) is 218 Å². The summed E-state index contributed by atoms with van der Waals surface area (Å²) in [4.78, 5) is 50.1. The normalized spacial score (nSPS) is 12.4. The number of esters is 2. The van der Waals surface area contributed by atoms with Crippen molar-refractivity contribution in [3.8, 4) is 0 Å². The van der Waals surface area contributed by atoms with E-state index in [1.54, 1.807) is 7.11 Å². The number of rotatable bonds is 82. The predicted octanol–water partition coefficient (Wildman–Crippen LogP) is 9.34. The lowest BCUT2D eigenvalue weighted by molar-refractivity contribution is -0.228. The highest BCUT2D eigenvalue weighted by Crippen LogP contribution is 2.38. The Kier molecular flexibility index (Phi) is 81.3. The Hall–Kier alpha value is -2.36. The molecule has 0 aromatic rings. The molecule has 96 heavy (non-hydrogen) atoms. The predicted molar refractivity (Wildman–Crippen MR) is 362 cm³/mol. The second-order valence-electron chi connectivity index (χ2n) is 22.2. The Bertz CT molecular complexity index is 1620. The fraction of sp³-hybridized carbons (Fsp3) is 0.955. The summed E-state index contributed by atoms with van der Waals surface area (Å²) in [6.07, 6.45) is 23.5. The van der Waals surface area contributed by atoms with E-state index in [9.17, 15) is 23.8 Å². The number of methoxy groups -OCH3 is 1. The number of carbonyl (C=O) groups excluding carboxylic acids is 3. The number of carbonyl (C=O) groups is 3. The summed E-state index contributed by atoms with van der Waals surface area (Å²) in [5.74, 6) is -0.978. The van der Waals surface area contributed by atoms with E-state index in [1.807, 2.05) is 0 Å². The zero-order valence-electron chi connectivity index (χ0n) is 60.1. The standard InChI is InChI=1S/C67H132NO26P.H3N/c1-4-6-8-10-12-14-16-18-20-22-24-26-65(69)91-62-64(94-66(70)27-25-23-21-19-17-15-13-11-9-7-5-2)63-93-95(72,73)92-29-28-68-67(71)90-61-60-89-59-58-88-57-56-87-55-54-86-53-52-85-51-50-84-49-48-83-47-46-82-45-44-81-43-42-80-41-40-79-39-38-78-37-36-77-35-34-76-33-32-75-31-30-74-3;/h64H,4-63H2,1-3H3,(H,68,71)(H,72,73);1H3/t64-;/m1./s1. The fourth-order valence-electron chi connectivity index (χ4n) is 8.58. The van der Waals surface area contributed by atoms with Crippen LogP contribution in [0, 0.1) is 0 Å². The molecule has 28 nitrogen and oxygen atoms in total. The number of ether oxygens (including phenoxy) is 19. The molecular weight excluding hydrogens is 1280 g/mol. The Morgan fingerprint density at radius 1 is 0.323 bits per heavy atom. The van der Waals surface area contributed by atoms with Crippen molar-refractivity contribution in [3.63, 3.8) is 0 Å². The Morgan fingerprint density at radius 3 is 0.875 bits per heavy atom. The molecule has 0 saturated carbocycles. The zero-order valence-corrected chi connectivity index (χ0v) is 61.0. The Labute approximate surface area is 577 Å². The minimum atomic E-state index is -4.90. The van der Waals surface area contributed by atoms with Gasteiger partial charge < -0.3 is 115 Å². The van der Waals surface area contributed by atoms with Crippen molar-refractivity contribution in [2.75, 3.05) is 245 Å². The molecule has 0 rings (SSSR count). The maximum absolute atomic E-state index is 12.8. The van der Waals surface area contributed by atoms with E-state index in [4.69, 9.17) is 99.0 Å². The van der Waals surface area contributed by atoms with Gasteiger partial charge in [0.2, 0.25) is 0 Å². The van der Waals surface area contributed by atoms with Crippen LogP contribution in [0.15, 0.2) is 0 Å². The van der Waals surface area contributed by atoms with Crippen molar-refractivity contribution < 1.29 is 123 Å². The van der Waals surface area contributed by atoms with Gasteiger partial charge in [-0.2, -0.15) is 0 Å². The van der Waals surface area contributed by atoms with E-state index < -0.39 is 45.2 Å². The van der Waals surface area contributed by atoms with Crippen LogP contribution in [0.5, 0.6) is 0 Å². The molecule has 1 unspecified atom stereocenters. The summed E-state index contributed by atoms with van der Waals surface area (Å²) in [6, 6.07) is 0. The SMILES string of the molecule is CCCCCCCCCCCCCC(=O)OC[C@H](COP(=O)([O-])OCCNC(=O)OCCOCCOCCOCCOCCOCCOCCOCCOCCOCCOCCOCCOCCOCCOCCOCCOC)OC(=O)CCCCCCCCCCCCC.[NH4+]. The van der Waals surface area contributed by atoms with Crippen LogP contribution in [0.1, 0.15) is 168 Å². The van der Waals surface area contributed by atoms with Crippen molar-refractivity contribution >= 4 is 25.9 Å². The fourth-order valence-corrected chi connectivity index (χ4v) is 9.31. The molecule has 29 heteroatoms. The van der Waals surface area contributed by atoms with Crippen molar-refractivity contribution in [1.82, 2.24) is 11.5 Å². The molecule has 5 N–H and O–H groups in total. The number of unbranched alkanes of at least 4 members (excludes halogenated alkanes) is 20. The van der Waals surface area contributed by atoms with Gasteiger partial charge in [-0.25, -0.2) is 4.79 Å². The first kappa shape index (κ1) is 95.7. The summed E-state index contributed by atoms with van der Waals surface area (Å²) >= 11 is 0. The zero-order chi connectivity index (χ0) is 68.8. The van der Waals surface area contributed by atoms with E-state index in [-0.39, 0.29) is 52.0 Å². The van der Waals surface area contributed by atoms with Gasteiger partial charge in [-0.05, 0) is 12.8 Å². The van der Waals surface area contributed by atoms with E-state index in [0.29, 0.717) is 204 Å². The summed E-state index contributed by atoms with van der Waals surface area (Å²) in [5, 5.41) is 2.39. The van der Waals surface area contributed by atoms with E-state index in [0.717, 1.165) is 38.5 Å². The molecular formula is C67H135N2O26P. The van der Waals surface area contributed by atoms with Crippen molar-refractivity contribution in [1.29, 1.82) is 0 Å². The number of amides is 1. The molecule has 0 aromatic carbocycles. The largest absolute Gasteiger partial charge is 0.756 e. The van der Waals surface area contributed by atoms with Crippen LogP contribution < -0.4 is 16.4 Å². The van der Waals surface area contributed by atoms with Gasteiger partial charge in [-0.3, -0.25) is 14.2 Å². The Morgan fingerprint density at radius 2 is 0.583 bits per heavy atom. The van der Waals surface area contributed by atoms with Crippen molar-refractivity contribution in [3.05, 3.63) is 0 Å². The first-order valence-electron chi connectivity index (χ1n) is 35.7. The first-order chi connectivity index (χ1) is 46.7. The van der Waals surface area contributed by atoms with E-state index in [2.05, 4.69) is 19.2 Å². The second kappa shape index (κ2) is 81.6. The summed E-state index contributed by atoms with van der Waals surface area (Å²) in [7, 11) is -3.26. The van der Waals surface area contributed by atoms with Crippen LogP contribution >= 0.6 is 7.82 Å². The molecule has 1 amide bonds. The van der Waals surface area contributed by atoms with Gasteiger partial charge in [-0.15, -0.1) is 0 Å². The maximum Gasteiger partial charge on any atom is 0.407 e. The maximum atomic E-state index is 12.8. The van der Waals surface area contributed by atoms with Gasteiger partial charge in [0.15, 0.2) is 6.10 Å². The van der Waals surface area contributed by atoms with Crippen LogP contribution in [-0.4, -0.2) is 269 Å². The number of quaternary nitrogens is 1. The van der Waals surface area contributed by atoms with Gasteiger partial charge in [0, 0.05) is 26.5 Å². The average molecular weight is 1420 g/mol. The summed E-state index contributed by atoms with van der Waals surface area (Å²) in [6.45, 7) is 16.8. The molecule has 574 valence electrons. The van der Waals surface area contributed by atoms with Crippen molar-refractivity contribution in [2.24, 2.45) is 0 Å². The lowest BCUT2D eigenvalue weighted by Crippen LogP contribution is -2.31. The number of alkyl carbamates (subject to hydrolysis) is 1. The third kappa shape index (κ3) is 80.6. The van der Waals surface area contributed by atoms with Gasteiger partial charge in [0.25, 0.3) is 7.82 Å². The number of phosphoric ester groups is 1. The molecule has 2 atom stereocenters. The molecule has 0 aliphatic heterocycles. The first-order valence-corrected chi connectivity index (χ1v) is 37.2. The quantitative estimate of drug-likeness (QED) is 0.0248. The molecule has 0 bridgehead atoms. The number of hydrogen-bond donors (Lipinski definition) is 2. The van der Waals surface area contributed by atoms with Crippen LogP contribution in [0.2, 0.25) is 0 Å². The molecule has 0 fully saturated rings. The molecule has 0 aliphatic rings. The third-order valence-corrected chi connectivity index (χ3v) is 14.8. The minimum absolute atomic E-state index is 0. The van der Waals surface area contributed by atoms with Crippen molar-refractivity contribution in [2.45, 2.75) is 174 Å². The highest BCUT2D eigenvalue weighted by Gasteiger charge is 2.21. The minimum Gasteiger partial charge on any atom is -0.756 e. The van der Waals surface area contributed by atoms with Crippen LogP contribution in [0.3, 0.4) is 0 Å².